The normalized spacial score (nSPS) is 11.7. The van der Waals surface area contributed by atoms with E-state index < -0.39 is 0 Å². The first kappa shape index (κ1) is 84.9. The third kappa shape index (κ3) is 15.1. The molecule has 30 rings (SSSR count). The van der Waals surface area contributed by atoms with Crippen LogP contribution in [-0.2, 0) is 0 Å². The fourth-order valence-corrected chi connectivity index (χ4v) is 21.1. The molecule has 15 heteroatoms. The van der Waals surface area contributed by atoms with E-state index in [2.05, 4.69) is 301 Å². The lowest BCUT2D eigenvalue weighted by atomic mass is 9.96. The van der Waals surface area contributed by atoms with Gasteiger partial charge in [0, 0.05) is 123 Å². The maximum absolute atomic E-state index is 6.75. The van der Waals surface area contributed by atoms with E-state index in [9.17, 15) is 0 Å². The van der Waals surface area contributed by atoms with Crippen LogP contribution in [0.2, 0.25) is 0 Å². The molecule has 0 atom stereocenters. The number of nitrogens with zero attached hydrogens (tertiary/aromatic N) is 12. The van der Waals surface area contributed by atoms with Crippen LogP contribution in [0.5, 0.6) is 0 Å². The molecule has 0 bridgehead atoms. The minimum absolute atomic E-state index is 0.559. The molecule has 15 nitrogen and oxygen atoms in total. The topological polar surface area (TPSA) is 194 Å². The number of aromatic nitrogens is 12. The molecule has 0 amide bonds. The molecule has 0 spiro atoms. The van der Waals surface area contributed by atoms with E-state index in [0.717, 1.165) is 230 Å². The number of para-hydroxylation sites is 1. The second-order valence-electron chi connectivity index (χ2n) is 36.7. The maximum Gasteiger partial charge on any atom is 0.164 e. The largest absolute Gasteiger partial charge is 0.455 e. The zero-order valence-corrected chi connectivity index (χ0v) is 78.6. The number of benzene rings is 21. The lowest BCUT2D eigenvalue weighted by Crippen LogP contribution is -2.01. The summed E-state index contributed by atoms with van der Waals surface area (Å²) in [5, 5.41) is 22.6. The van der Waals surface area contributed by atoms with Gasteiger partial charge in [0.25, 0.3) is 0 Å². The molecule has 0 aliphatic rings. The molecule has 0 unspecified atom stereocenters. The van der Waals surface area contributed by atoms with E-state index in [4.69, 9.17) is 63.1 Å². The van der Waals surface area contributed by atoms with Crippen LogP contribution >= 0.6 is 0 Å². The molecule has 0 aliphatic heterocycles. The third-order valence-corrected chi connectivity index (χ3v) is 28.0. The van der Waals surface area contributed by atoms with Crippen molar-refractivity contribution >= 4 is 163 Å². The van der Waals surface area contributed by atoms with Gasteiger partial charge in [-0.1, -0.05) is 352 Å². The van der Waals surface area contributed by atoms with Crippen LogP contribution < -0.4 is 0 Å². The second kappa shape index (κ2) is 35.6. The van der Waals surface area contributed by atoms with Gasteiger partial charge in [-0.15, -0.1) is 0 Å². The molecular weight excluding hydrogens is 1800 g/mol. The molecule has 0 saturated carbocycles. The molecule has 0 saturated heterocycles. The minimum atomic E-state index is 0.559. The van der Waals surface area contributed by atoms with E-state index in [1.54, 1.807) is 0 Å². The van der Waals surface area contributed by atoms with Gasteiger partial charge in [-0.05, 0) is 190 Å². The zero-order valence-electron chi connectivity index (χ0n) is 78.6. The molecule has 0 N–H and O–H groups in total. The standard InChI is InChI=1S/3C44H26N4O/c1-3-13-27(14-4-1)32-23-24-35(39-40-38(49-41(32)39)26-30-18-8-12-22-37(30)45-40)43-46-42(28-15-5-2-6-16-28)47-44(48-43)36-25-29-17-7-9-19-31(29)33-20-10-11-21-34(33)36;1-3-12-27(13-4-1)32-21-22-35(40-37-26-38-30(17-11-23-45-38)25-39(37)49-41(32)40)43-46-42(28-14-5-2-6-15-28)47-44(48-43)36-24-29-16-7-8-18-31(29)33-19-9-10-20-34(33)36;1-3-11-27(12-4-1)33-19-20-36(40-38-24-31-26-45-22-21-29(31)25-39(38)49-41(33)40)43-46-42(28-13-5-2-6-14-28)47-44(48-43)37-23-30-15-7-8-16-32(30)34-17-9-10-18-35(34)37/h3*1-26H. The number of pyridine rings is 3. The summed E-state index contributed by atoms with van der Waals surface area (Å²) in [5.41, 5.74) is 21.6. The summed E-state index contributed by atoms with van der Waals surface area (Å²) in [5.74, 6) is 5.39. The zero-order chi connectivity index (χ0) is 96.9. The van der Waals surface area contributed by atoms with Gasteiger partial charge in [0.2, 0.25) is 0 Å². The van der Waals surface area contributed by atoms with Crippen molar-refractivity contribution in [3.63, 3.8) is 0 Å². The van der Waals surface area contributed by atoms with Crippen LogP contribution in [0.1, 0.15) is 0 Å². The van der Waals surface area contributed by atoms with Crippen LogP contribution in [0.4, 0.5) is 0 Å². The first-order valence-electron chi connectivity index (χ1n) is 48.9. The molecule has 0 aliphatic carbocycles. The molecule has 21 aromatic carbocycles. The Kier molecular flexibility index (Phi) is 20.5. The highest BCUT2D eigenvalue weighted by Crippen LogP contribution is 2.49. The fourth-order valence-electron chi connectivity index (χ4n) is 21.1. The molecule has 0 fully saturated rings. The van der Waals surface area contributed by atoms with Crippen LogP contribution in [0.15, 0.2) is 487 Å². The van der Waals surface area contributed by atoms with E-state index >= 15 is 0 Å². The van der Waals surface area contributed by atoms with Gasteiger partial charge in [0.15, 0.2) is 58.0 Å². The monoisotopic (exact) mass is 1880 g/mol. The maximum atomic E-state index is 6.75. The Morgan fingerprint density at radius 3 is 0.878 bits per heavy atom. The van der Waals surface area contributed by atoms with E-state index in [1.165, 1.54) is 16.2 Å². The number of fused-ring (bicyclic) bond motifs is 21. The van der Waals surface area contributed by atoms with Gasteiger partial charge in [0.05, 0.1) is 16.4 Å². The summed E-state index contributed by atoms with van der Waals surface area (Å²) in [6, 6.07) is 156. The predicted octanol–water partition coefficient (Wildman–Crippen LogP) is 33.9. The van der Waals surface area contributed by atoms with Crippen LogP contribution in [0.25, 0.3) is 299 Å². The number of hydrogen-bond donors (Lipinski definition) is 0. The quantitative estimate of drug-likeness (QED) is 0.105. The summed E-state index contributed by atoms with van der Waals surface area (Å²) in [6.45, 7) is 0. The first-order valence-corrected chi connectivity index (χ1v) is 48.9. The Bertz CT molecular complexity index is 9590. The summed E-state index contributed by atoms with van der Waals surface area (Å²) >= 11 is 0. The smallest absolute Gasteiger partial charge is 0.164 e. The van der Waals surface area contributed by atoms with Crippen molar-refractivity contribution in [3.8, 4) is 136 Å². The van der Waals surface area contributed by atoms with Crippen LogP contribution in [0.3, 0.4) is 0 Å². The van der Waals surface area contributed by atoms with Gasteiger partial charge < -0.3 is 13.3 Å². The number of furan rings is 3. The van der Waals surface area contributed by atoms with Gasteiger partial charge >= 0.3 is 0 Å². The van der Waals surface area contributed by atoms with E-state index in [-0.39, 0.29) is 0 Å². The molecular formula is C132H78N12O3. The highest BCUT2D eigenvalue weighted by atomic mass is 16.3. The average Bonchev–Trinajstić information content (AvgIpc) is 1.56. The van der Waals surface area contributed by atoms with Gasteiger partial charge in [-0.3, -0.25) is 9.97 Å². The van der Waals surface area contributed by atoms with Crippen molar-refractivity contribution in [2.45, 2.75) is 0 Å². The van der Waals surface area contributed by atoms with Gasteiger partial charge in [0.1, 0.15) is 33.4 Å². The molecule has 147 heavy (non-hydrogen) atoms. The number of hydrogen-bond acceptors (Lipinski definition) is 15. The minimum Gasteiger partial charge on any atom is -0.455 e. The Balaban J connectivity index is 0.000000107. The van der Waals surface area contributed by atoms with Gasteiger partial charge in [-0.25, -0.2) is 49.8 Å². The number of rotatable bonds is 12. The second-order valence-corrected chi connectivity index (χ2v) is 36.7. The Labute approximate surface area is 839 Å². The van der Waals surface area contributed by atoms with E-state index in [1.807, 2.05) is 182 Å². The predicted molar refractivity (Wildman–Crippen MR) is 597 cm³/mol. The van der Waals surface area contributed by atoms with Crippen molar-refractivity contribution in [2.75, 3.05) is 0 Å². The van der Waals surface area contributed by atoms with Crippen molar-refractivity contribution in [1.29, 1.82) is 0 Å². The Morgan fingerprint density at radius 1 is 0.156 bits per heavy atom. The lowest BCUT2D eigenvalue weighted by Gasteiger charge is -2.13. The van der Waals surface area contributed by atoms with Gasteiger partial charge in [-0.2, -0.15) is 0 Å². The summed E-state index contributed by atoms with van der Waals surface area (Å²) in [6.07, 6.45) is 5.53. The van der Waals surface area contributed by atoms with Crippen molar-refractivity contribution in [1.82, 2.24) is 59.8 Å². The van der Waals surface area contributed by atoms with Crippen LogP contribution in [0, 0.1) is 0 Å². The lowest BCUT2D eigenvalue weighted by molar-refractivity contribution is 0.669. The molecule has 0 radical (unpaired) electrons. The fraction of sp³-hybridized carbons (Fsp3) is 0. The van der Waals surface area contributed by atoms with Crippen molar-refractivity contribution < 1.29 is 13.3 Å². The molecule has 684 valence electrons. The summed E-state index contributed by atoms with van der Waals surface area (Å²) in [7, 11) is 0. The molecule has 9 aromatic heterocycles. The van der Waals surface area contributed by atoms with E-state index in [0.29, 0.717) is 52.4 Å². The van der Waals surface area contributed by atoms with Crippen LogP contribution in [-0.4, -0.2) is 59.8 Å². The highest BCUT2D eigenvalue weighted by molar-refractivity contribution is 6.23. The molecule has 9 heterocycles. The highest BCUT2D eigenvalue weighted by Gasteiger charge is 2.29. The Morgan fingerprint density at radius 2 is 0.456 bits per heavy atom. The summed E-state index contributed by atoms with van der Waals surface area (Å²) < 4.78 is 20.2. The Hall–Kier alpha value is -20.2. The molecule has 30 aromatic rings. The SMILES string of the molecule is c1ccc(-c2nc(-c3cc4ccccc4c4ccccc34)nc(-c3ccc(-c4ccccc4)c4oc5cc6ccccc6nc5c34)n2)cc1.c1ccc(-c2nc(-c3cc4ccccc4c4ccccc34)nc(-c3ccc(-c4ccccc4)c4oc5cc6cccnc6cc5c34)n2)cc1.c1ccc(-c2nc(-c3cc4ccccc4c4ccccc34)nc(-c3ccc(-c4ccccc4)c4oc5cc6ccncc6cc5c34)n2)cc1. The van der Waals surface area contributed by atoms with Crippen molar-refractivity contribution in [3.05, 3.63) is 474 Å². The average molecular weight is 1880 g/mol. The van der Waals surface area contributed by atoms with Crippen molar-refractivity contribution in [2.24, 2.45) is 0 Å². The first-order chi connectivity index (χ1) is 72.8. The summed E-state index contributed by atoms with van der Waals surface area (Å²) in [4.78, 5) is 61.0. The third-order valence-electron chi connectivity index (χ3n) is 28.0.